The van der Waals surface area contributed by atoms with Gasteiger partial charge in [-0.25, -0.2) is 4.98 Å². The number of oxazole rings is 1. The fourth-order valence-electron chi connectivity index (χ4n) is 3.15. The van der Waals surface area contributed by atoms with E-state index in [0.29, 0.717) is 11.9 Å². The molecule has 1 saturated heterocycles. The predicted molar refractivity (Wildman–Crippen MR) is 99.4 cm³/mol. The Labute approximate surface area is 153 Å². The molecule has 1 aliphatic heterocycles. The molecule has 1 aliphatic rings. The van der Waals surface area contributed by atoms with Gasteiger partial charge in [0.25, 0.3) is 0 Å². The van der Waals surface area contributed by atoms with Crippen molar-refractivity contribution in [3.63, 3.8) is 0 Å². The second-order valence-electron chi connectivity index (χ2n) is 5.98. The maximum atomic E-state index is 5.67. The Morgan fingerprint density at radius 2 is 1.92 bits per heavy atom. The lowest BCUT2D eigenvalue weighted by molar-refractivity contribution is 0.152. The zero-order valence-electron chi connectivity index (χ0n) is 13.8. The Morgan fingerprint density at radius 3 is 2.72 bits per heavy atom. The van der Waals surface area contributed by atoms with Gasteiger partial charge < -0.3 is 9.73 Å². The Kier molecular flexibility index (Phi) is 5.81. The average molecular weight is 357 g/mol. The van der Waals surface area contributed by atoms with Gasteiger partial charge in [-0.3, -0.25) is 9.88 Å². The smallest absolute Gasteiger partial charge is 0.226 e. The van der Waals surface area contributed by atoms with E-state index >= 15 is 0 Å². The molecule has 130 valence electrons. The quantitative estimate of drug-likeness (QED) is 0.777. The van der Waals surface area contributed by atoms with Gasteiger partial charge >= 0.3 is 0 Å². The highest BCUT2D eigenvalue weighted by atomic mass is 35.5. The van der Waals surface area contributed by atoms with Crippen molar-refractivity contribution in [2.75, 3.05) is 19.6 Å². The number of pyridine rings is 1. The average Bonchev–Trinajstić information content (AvgIpc) is 3.12. The number of nitrogens with one attached hydrogen (secondary N) is 1. The standard InChI is InChI=1S/C19H20N4O.ClH/c1-2-4-16(5-3-1)19-22-17(14-24-19)13-23-11-10-21-12-18(23)15-6-8-20-9-7-15;/h1-9,14,18,21H,10-13H2;1H. The number of halogens is 1. The Morgan fingerprint density at radius 1 is 1.12 bits per heavy atom. The summed E-state index contributed by atoms with van der Waals surface area (Å²) in [6, 6.07) is 14.5. The molecule has 1 unspecified atom stereocenters. The fraction of sp³-hybridized carbons (Fsp3) is 0.263. The Bertz CT molecular complexity index is 778. The van der Waals surface area contributed by atoms with E-state index in [1.165, 1.54) is 5.56 Å². The maximum Gasteiger partial charge on any atom is 0.226 e. The Balaban J connectivity index is 0.00000182. The fourth-order valence-corrected chi connectivity index (χ4v) is 3.15. The number of benzene rings is 1. The van der Waals surface area contributed by atoms with Crippen LogP contribution in [0, 0.1) is 0 Å². The lowest BCUT2D eigenvalue weighted by Crippen LogP contribution is -2.45. The Hall–Kier alpha value is -2.21. The highest BCUT2D eigenvalue weighted by molar-refractivity contribution is 5.85. The zero-order valence-corrected chi connectivity index (χ0v) is 14.7. The predicted octanol–water partition coefficient (Wildman–Crippen LogP) is 3.30. The van der Waals surface area contributed by atoms with Crippen LogP contribution in [0.2, 0.25) is 0 Å². The normalized spacial score (nSPS) is 17.8. The van der Waals surface area contributed by atoms with E-state index in [-0.39, 0.29) is 12.4 Å². The number of nitrogens with zero attached hydrogens (tertiary/aromatic N) is 3. The molecule has 1 fully saturated rings. The molecule has 6 heteroatoms. The van der Waals surface area contributed by atoms with Crippen molar-refractivity contribution >= 4 is 12.4 Å². The number of hydrogen-bond acceptors (Lipinski definition) is 5. The van der Waals surface area contributed by atoms with Gasteiger partial charge in [-0.05, 0) is 29.8 Å². The van der Waals surface area contributed by atoms with E-state index in [9.17, 15) is 0 Å². The van der Waals surface area contributed by atoms with Gasteiger partial charge in [-0.15, -0.1) is 12.4 Å². The van der Waals surface area contributed by atoms with Crippen molar-refractivity contribution in [1.29, 1.82) is 0 Å². The van der Waals surface area contributed by atoms with Crippen LogP contribution in [0.3, 0.4) is 0 Å². The van der Waals surface area contributed by atoms with E-state index in [0.717, 1.165) is 37.4 Å². The topological polar surface area (TPSA) is 54.2 Å². The minimum Gasteiger partial charge on any atom is -0.444 e. The molecule has 1 N–H and O–H groups in total. The first-order valence-electron chi connectivity index (χ1n) is 8.25. The van der Waals surface area contributed by atoms with Crippen molar-refractivity contribution in [2.45, 2.75) is 12.6 Å². The van der Waals surface area contributed by atoms with Gasteiger partial charge in [0.05, 0.1) is 5.69 Å². The van der Waals surface area contributed by atoms with Crippen molar-refractivity contribution in [1.82, 2.24) is 20.2 Å². The maximum absolute atomic E-state index is 5.67. The molecule has 0 spiro atoms. The summed E-state index contributed by atoms with van der Waals surface area (Å²) in [6.45, 7) is 3.70. The van der Waals surface area contributed by atoms with Crippen LogP contribution in [0.5, 0.6) is 0 Å². The largest absolute Gasteiger partial charge is 0.444 e. The van der Waals surface area contributed by atoms with Gasteiger partial charge in [0.2, 0.25) is 5.89 Å². The highest BCUT2D eigenvalue weighted by Gasteiger charge is 2.24. The first kappa shape index (κ1) is 17.6. The minimum atomic E-state index is 0. The summed E-state index contributed by atoms with van der Waals surface area (Å²) in [4.78, 5) is 11.2. The SMILES string of the molecule is Cl.c1ccc(-c2nc(CN3CCNCC3c3ccncc3)co2)cc1. The first-order chi connectivity index (χ1) is 11.9. The molecular formula is C19H21ClN4O. The second-order valence-corrected chi connectivity index (χ2v) is 5.98. The van der Waals surface area contributed by atoms with Crippen molar-refractivity contribution in [2.24, 2.45) is 0 Å². The molecule has 5 nitrogen and oxygen atoms in total. The number of rotatable bonds is 4. The molecule has 0 aliphatic carbocycles. The van der Waals surface area contributed by atoms with Crippen molar-refractivity contribution < 1.29 is 4.42 Å². The molecule has 0 radical (unpaired) electrons. The summed E-state index contributed by atoms with van der Waals surface area (Å²) in [6.07, 6.45) is 5.48. The van der Waals surface area contributed by atoms with Crippen LogP contribution in [-0.2, 0) is 6.54 Å². The van der Waals surface area contributed by atoms with Gasteiger partial charge in [-0.1, -0.05) is 18.2 Å². The zero-order chi connectivity index (χ0) is 16.2. The van der Waals surface area contributed by atoms with Gasteiger partial charge in [0.1, 0.15) is 6.26 Å². The monoisotopic (exact) mass is 356 g/mol. The first-order valence-corrected chi connectivity index (χ1v) is 8.25. The molecule has 1 aromatic carbocycles. The molecule has 0 saturated carbocycles. The van der Waals surface area contributed by atoms with Crippen molar-refractivity contribution in [3.8, 4) is 11.5 Å². The summed E-state index contributed by atoms with van der Waals surface area (Å²) in [5, 5.41) is 3.47. The minimum absolute atomic E-state index is 0. The van der Waals surface area contributed by atoms with Crippen LogP contribution in [0.4, 0.5) is 0 Å². The molecule has 4 rings (SSSR count). The van der Waals surface area contributed by atoms with Gasteiger partial charge in [-0.2, -0.15) is 0 Å². The van der Waals surface area contributed by atoms with Crippen LogP contribution >= 0.6 is 12.4 Å². The second kappa shape index (κ2) is 8.25. The van der Waals surface area contributed by atoms with Crippen LogP contribution in [0.25, 0.3) is 11.5 Å². The van der Waals surface area contributed by atoms with E-state index in [2.05, 4.69) is 32.3 Å². The third kappa shape index (κ3) is 4.07. The number of piperazine rings is 1. The van der Waals surface area contributed by atoms with E-state index < -0.39 is 0 Å². The molecule has 0 bridgehead atoms. The van der Waals surface area contributed by atoms with Crippen LogP contribution in [0.15, 0.2) is 65.5 Å². The van der Waals surface area contributed by atoms with Gasteiger partial charge in [0.15, 0.2) is 0 Å². The molecular weight excluding hydrogens is 336 g/mol. The lowest BCUT2D eigenvalue weighted by Gasteiger charge is -2.35. The third-order valence-corrected chi connectivity index (χ3v) is 4.38. The van der Waals surface area contributed by atoms with Crippen LogP contribution < -0.4 is 5.32 Å². The van der Waals surface area contributed by atoms with E-state index in [1.54, 1.807) is 6.26 Å². The van der Waals surface area contributed by atoms with Crippen molar-refractivity contribution in [3.05, 3.63) is 72.4 Å². The molecule has 3 aromatic rings. The summed E-state index contributed by atoms with van der Waals surface area (Å²) < 4.78 is 5.67. The summed E-state index contributed by atoms with van der Waals surface area (Å²) in [7, 11) is 0. The van der Waals surface area contributed by atoms with Gasteiger partial charge in [0, 0.05) is 50.2 Å². The number of hydrogen-bond donors (Lipinski definition) is 1. The summed E-state index contributed by atoms with van der Waals surface area (Å²) in [5.74, 6) is 0.682. The highest BCUT2D eigenvalue weighted by Crippen LogP contribution is 2.25. The lowest BCUT2D eigenvalue weighted by atomic mass is 10.0. The summed E-state index contributed by atoms with van der Waals surface area (Å²) >= 11 is 0. The van der Waals surface area contributed by atoms with E-state index in [1.807, 2.05) is 42.7 Å². The molecule has 0 amide bonds. The molecule has 3 heterocycles. The van der Waals surface area contributed by atoms with Crippen LogP contribution in [-0.4, -0.2) is 34.5 Å². The molecule has 25 heavy (non-hydrogen) atoms. The third-order valence-electron chi connectivity index (χ3n) is 4.38. The molecule has 1 atom stereocenters. The van der Waals surface area contributed by atoms with E-state index in [4.69, 9.17) is 4.42 Å². The van der Waals surface area contributed by atoms with Crippen LogP contribution in [0.1, 0.15) is 17.3 Å². The molecule has 2 aromatic heterocycles. The number of aromatic nitrogens is 2. The summed E-state index contributed by atoms with van der Waals surface area (Å²) in [5.41, 5.74) is 3.26.